The average Bonchev–Trinajstić information content (AvgIpc) is 2.40. The predicted molar refractivity (Wildman–Crippen MR) is 75.7 cm³/mol. The molecular weight excluding hydrogens is 262 g/mol. The van der Waals surface area contributed by atoms with Crippen LogP contribution in [0.5, 0.6) is 0 Å². The SMILES string of the molecule is CCSc1ncc(C(=O)Nc2ccccc2)c(=O)[nH]1. The summed E-state index contributed by atoms with van der Waals surface area (Å²) in [5.74, 6) is 0.339. The molecule has 2 N–H and O–H groups in total. The Balaban J connectivity index is 2.18. The first-order valence-corrected chi connectivity index (χ1v) is 6.77. The molecule has 0 aliphatic carbocycles. The first-order valence-electron chi connectivity index (χ1n) is 5.79. The Kier molecular flexibility index (Phi) is 4.35. The molecule has 0 aliphatic heterocycles. The van der Waals surface area contributed by atoms with Gasteiger partial charge in [0.2, 0.25) is 0 Å². The van der Waals surface area contributed by atoms with Crippen LogP contribution in [0, 0.1) is 0 Å². The third-order valence-corrected chi connectivity index (χ3v) is 3.10. The van der Waals surface area contributed by atoms with E-state index in [0.717, 1.165) is 5.75 Å². The summed E-state index contributed by atoms with van der Waals surface area (Å²) in [6, 6.07) is 8.96. The largest absolute Gasteiger partial charge is 0.322 e. The highest BCUT2D eigenvalue weighted by molar-refractivity contribution is 7.99. The van der Waals surface area contributed by atoms with E-state index in [2.05, 4.69) is 15.3 Å². The number of hydrogen-bond donors (Lipinski definition) is 2. The van der Waals surface area contributed by atoms with Gasteiger partial charge in [0.05, 0.1) is 0 Å². The van der Waals surface area contributed by atoms with E-state index in [4.69, 9.17) is 0 Å². The molecule has 0 saturated heterocycles. The molecule has 0 atom stereocenters. The number of aromatic nitrogens is 2. The van der Waals surface area contributed by atoms with Crippen LogP contribution in [0.15, 0.2) is 46.5 Å². The average molecular weight is 275 g/mol. The number of benzene rings is 1. The summed E-state index contributed by atoms with van der Waals surface area (Å²) in [6.45, 7) is 1.96. The molecule has 1 aromatic heterocycles. The number of thioether (sulfide) groups is 1. The normalized spacial score (nSPS) is 10.2. The van der Waals surface area contributed by atoms with Gasteiger partial charge in [-0.15, -0.1) is 0 Å². The van der Waals surface area contributed by atoms with Gasteiger partial charge >= 0.3 is 0 Å². The van der Waals surface area contributed by atoms with Gasteiger partial charge in [0, 0.05) is 11.9 Å². The minimum Gasteiger partial charge on any atom is -0.322 e. The second-order valence-corrected chi connectivity index (χ2v) is 4.94. The minimum atomic E-state index is -0.465. The Morgan fingerprint density at radius 2 is 2.11 bits per heavy atom. The topological polar surface area (TPSA) is 74.8 Å². The summed E-state index contributed by atoms with van der Waals surface area (Å²) in [5, 5.41) is 3.16. The zero-order chi connectivity index (χ0) is 13.7. The lowest BCUT2D eigenvalue weighted by atomic mass is 10.3. The van der Waals surface area contributed by atoms with Crippen molar-refractivity contribution in [1.29, 1.82) is 0 Å². The quantitative estimate of drug-likeness (QED) is 0.662. The maximum absolute atomic E-state index is 11.9. The van der Waals surface area contributed by atoms with Gasteiger partial charge in [0.15, 0.2) is 5.16 Å². The standard InChI is InChI=1S/C13H13N3O2S/c1-2-19-13-14-8-10(12(18)16-13)11(17)15-9-6-4-3-5-7-9/h3-8H,2H2,1H3,(H,15,17)(H,14,16,18). The van der Waals surface area contributed by atoms with Gasteiger partial charge in [-0.25, -0.2) is 4.98 Å². The lowest BCUT2D eigenvalue weighted by Crippen LogP contribution is -2.24. The molecule has 0 fully saturated rings. The Bertz CT molecular complexity index is 625. The summed E-state index contributed by atoms with van der Waals surface area (Å²) < 4.78 is 0. The molecule has 0 radical (unpaired) electrons. The Morgan fingerprint density at radius 1 is 1.37 bits per heavy atom. The molecular formula is C13H13N3O2S. The van der Waals surface area contributed by atoms with Gasteiger partial charge in [0.25, 0.3) is 11.5 Å². The second-order valence-electron chi connectivity index (χ2n) is 3.68. The zero-order valence-corrected chi connectivity index (χ0v) is 11.2. The summed E-state index contributed by atoms with van der Waals surface area (Å²) in [4.78, 5) is 30.3. The molecule has 5 nitrogen and oxygen atoms in total. The van der Waals surface area contributed by atoms with Gasteiger partial charge in [-0.3, -0.25) is 9.59 Å². The number of anilines is 1. The van der Waals surface area contributed by atoms with Crippen LogP contribution in [-0.2, 0) is 0 Å². The number of para-hydroxylation sites is 1. The van der Waals surface area contributed by atoms with E-state index in [1.54, 1.807) is 24.3 Å². The highest BCUT2D eigenvalue weighted by Crippen LogP contribution is 2.10. The number of amides is 1. The van der Waals surface area contributed by atoms with E-state index in [9.17, 15) is 9.59 Å². The molecule has 19 heavy (non-hydrogen) atoms. The maximum Gasteiger partial charge on any atom is 0.264 e. The van der Waals surface area contributed by atoms with Crippen molar-refractivity contribution in [2.24, 2.45) is 0 Å². The molecule has 0 aliphatic rings. The monoisotopic (exact) mass is 275 g/mol. The van der Waals surface area contributed by atoms with E-state index in [1.807, 2.05) is 13.0 Å². The number of carbonyl (C=O) groups is 1. The Hall–Kier alpha value is -2.08. The van der Waals surface area contributed by atoms with E-state index >= 15 is 0 Å². The highest BCUT2D eigenvalue weighted by Gasteiger charge is 2.11. The first kappa shape index (κ1) is 13.4. The fourth-order valence-corrected chi connectivity index (χ4v) is 2.04. The molecule has 1 heterocycles. The number of hydrogen-bond acceptors (Lipinski definition) is 4. The number of H-pyrrole nitrogens is 1. The van der Waals surface area contributed by atoms with Crippen molar-refractivity contribution in [2.75, 3.05) is 11.1 Å². The number of carbonyl (C=O) groups excluding carboxylic acids is 1. The molecule has 6 heteroatoms. The van der Waals surface area contributed by atoms with Crippen LogP contribution in [-0.4, -0.2) is 21.6 Å². The molecule has 1 aromatic carbocycles. The molecule has 2 rings (SSSR count). The maximum atomic E-state index is 11.9. The molecule has 2 aromatic rings. The summed E-state index contributed by atoms with van der Waals surface area (Å²) in [7, 11) is 0. The van der Waals surface area contributed by atoms with E-state index < -0.39 is 11.5 Å². The van der Waals surface area contributed by atoms with Crippen LogP contribution in [0.3, 0.4) is 0 Å². The van der Waals surface area contributed by atoms with Crippen molar-refractivity contribution in [3.63, 3.8) is 0 Å². The van der Waals surface area contributed by atoms with Crippen LogP contribution in [0.1, 0.15) is 17.3 Å². The number of nitrogens with one attached hydrogen (secondary N) is 2. The van der Waals surface area contributed by atoms with Crippen LogP contribution in [0.4, 0.5) is 5.69 Å². The highest BCUT2D eigenvalue weighted by atomic mass is 32.2. The Labute approximate surface area is 114 Å². The number of nitrogens with zero attached hydrogens (tertiary/aromatic N) is 1. The summed E-state index contributed by atoms with van der Waals surface area (Å²) >= 11 is 1.42. The molecule has 0 saturated carbocycles. The third-order valence-electron chi connectivity index (χ3n) is 2.33. The first-order chi connectivity index (χ1) is 9.20. The second kappa shape index (κ2) is 6.19. The molecule has 98 valence electrons. The predicted octanol–water partition coefficient (Wildman–Crippen LogP) is 2.13. The number of aromatic amines is 1. The molecule has 0 spiro atoms. The molecule has 0 unspecified atom stereocenters. The minimum absolute atomic E-state index is 0.00399. The van der Waals surface area contributed by atoms with Crippen molar-refractivity contribution in [3.05, 3.63) is 52.4 Å². The summed E-state index contributed by atoms with van der Waals surface area (Å²) in [5.41, 5.74) is 0.211. The smallest absolute Gasteiger partial charge is 0.264 e. The van der Waals surface area contributed by atoms with Crippen LogP contribution in [0.2, 0.25) is 0 Å². The van der Waals surface area contributed by atoms with Crippen molar-refractivity contribution in [1.82, 2.24) is 9.97 Å². The van der Waals surface area contributed by atoms with Gasteiger partial charge in [0.1, 0.15) is 5.56 Å². The molecule has 0 bridgehead atoms. The van der Waals surface area contributed by atoms with Crippen molar-refractivity contribution in [3.8, 4) is 0 Å². The Morgan fingerprint density at radius 3 is 2.74 bits per heavy atom. The molecule has 1 amide bonds. The van der Waals surface area contributed by atoms with E-state index in [1.165, 1.54) is 18.0 Å². The van der Waals surface area contributed by atoms with Gasteiger partial charge in [-0.1, -0.05) is 36.9 Å². The van der Waals surface area contributed by atoms with Crippen molar-refractivity contribution < 1.29 is 4.79 Å². The van der Waals surface area contributed by atoms with Gasteiger partial charge in [-0.05, 0) is 17.9 Å². The fourth-order valence-electron chi connectivity index (χ4n) is 1.47. The lowest BCUT2D eigenvalue weighted by Gasteiger charge is -2.04. The lowest BCUT2D eigenvalue weighted by molar-refractivity contribution is 0.102. The van der Waals surface area contributed by atoms with Crippen LogP contribution >= 0.6 is 11.8 Å². The van der Waals surface area contributed by atoms with Gasteiger partial charge in [-0.2, -0.15) is 0 Å². The number of rotatable bonds is 4. The van der Waals surface area contributed by atoms with E-state index in [-0.39, 0.29) is 5.56 Å². The van der Waals surface area contributed by atoms with Crippen LogP contribution < -0.4 is 10.9 Å². The zero-order valence-electron chi connectivity index (χ0n) is 10.3. The van der Waals surface area contributed by atoms with Crippen molar-refractivity contribution in [2.45, 2.75) is 12.1 Å². The third kappa shape index (κ3) is 3.45. The van der Waals surface area contributed by atoms with Crippen LogP contribution in [0.25, 0.3) is 0 Å². The van der Waals surface area contributed by atoms with E-state index in [0.29, 0.717) is 10.8 Å². The van der Waals surface area contributed by atoms with Gasteiger partial charge < -0.3 is 10.3 Å². The fraction of sp³-hybridized carbons (Fsp3) is 0.154. The van der Waals surface area contributed by atoms with Crippen molar-refractivity contribution >= 4 is 23.4 Å². The summed E-state index contributed by atoms with van der Waals surface area (Å²) in [6.07, 6.45) is 1.30.